The fraction of sp³-hybridized carbons (Fsp3) is 0.148. The van der Waals surface area contributed by atoms with Crippen LogP contribution in [0.5, 0.6) is 5.75 Å². The molecule has 3 aromatic carbocycles. The van der Waals surface area contributed by atoms with Crippen LogP contribution in [0.15, 0.2) is 79.0 Å². The van der Waals surface area contributed by atoms with Crippen molar-refractivity contribution >= 4 is 27.7 Å². The van der Waals surface area contributed by atoms with E-state index in [1.807, 2.05) is 61.7 Å². The SMILES string of the molecule is COc1ccc(C(CNC(=O)c2c(C)[nH]c3ccccc23)c2c[nH]c3ccccc23)cc1. The van der Waals surface area contributed by atoms with Crippen LogP contribution in [-0.2, 0) is 0 Å². The molecule has 160 valence electrons. The predicted octanol–water partition coefficient (Wildman–Crippen LogP) is 5.53. The highest BCUT2D eigenvalue weighted by Crippen LogP contribution is 2.32. The van der Waals surface area contributed by atoms with E-state index < -0.39 is 0 Å². The molecule has 3 N–H and O–H groups in total. The molecule has 1 amide bonds. The lowest BCUT2D eigenvalue weighted by Crippen LogP contribution is -2.29. The monoisotopic (exact) mass is 423 g/mol. The van der Waals surface area contributed by atoms with Gasteiger partial charge in [-0.3, -0.25) is 4.79 Å². The van der Waals surface area contributed by atoms with Crippen molar-refractivity contribution in [3.8, 4) is 5.75 Å². The normalized spacial score (nSPS) is 12.2. The van der Waals surface area contributed by atoms with Crippen molar-refractivity contribution in [1.82, 2.24) is 15.3 Å². The summed E-state index contributed by atoms with van der Waals surface area (Å²) in [7, 11) is 1.66. The molecule has 0 spiro atoms. The highest BCUT2D eigenvalue weighted by molar-refractivity contribution is 6.08. The fourth-order valence-electron chi connectivity index (χ4n) is 4.48. The van der Waals surface area contributed by atoms with Gasteiger partial charge in [0.15, 0.2) is 0 Å². The van der Waals surface area contributed by atoms with Gasteiger partial charge < -0.3 is 20.0 Å². The number of rotatable bonds is 6. The van der Waals surface area contributed by atoms with Crippen molar-refractivity contribution in [2.75, 3.05) is 13.7 Å². The van der Waals surface area contributed by atoms with Crippen LogP contribution in [0.25, 0.3) is 21.8 Å². The van der Waals surface area contributed by atoms with Gasteiger partial charge in [0.1, 0.15) is 5.75 Å². The number of ether oxygens (including phenoxy) is 1. The van der Waals surface area contributed by atoms with Crippen LogP contribution < -0.4 is 10.1 Å². The number of aryl methyl sites for hydroxylation is 1. The molecule has 5 aromatic rings. The second kappa shape index (κ2) is 8.27. The third-order valence-corrected chi connectivity index (χ3v) is 6.10. The van der Waals surface area contributed by atoms with Crippen LogP contribution in [0.1, 0.15) is 33.1 Å². The quantitative estimate of drug-likeness (QED) is 0.336. The van der Waals surface area contributed by atoms with Crippen LogP contribution in [0.3, 0.4) is 0 Å². The van der Waals surface area contributed by atoms with E-state index in [9.17, 15) is 4.79 Å². The largest absolute Gasteiger partial charge is 0.497 e. The molecule has 5 nitrogen and oxygen atoms in total. The molecule has 32 heavy (non-hydrogen) atoms. The summed E-state index contributed by atoms with van der Waals surface area (Å²) in [5, 5.41) is 5.29. The number of amides is 1. The molecule has 0 fully saturated rings. The maximum Gasteiger partial charge on any atom is 0.253 e. The molecule has 0 aliphatic rings. The zero-order chi connectivity index (χ0) is 22.1. The van der Waals surface area contributed by atoms with Crippen LogP contribution in [0, 0.1) is 6.92 Å². The zero-order valence-corrected chi connectivity index (χ0v) is 18.1. The minimum Gasteiger partial charge on any atom is -0.497 e. The summed E-state index contributed by atoms with van der Waals surface area (Å²) in [6.07, 6.45) is 2.04. The van der Waals surface area contributed by atoms with E-state index in [0.29, 0.717) is 12.1 Å². The van der Waals surface area contributed by atoms with Crippen molar-refractivity contribution in [1.29, 1.82) is 0 Å². The molecular weight excluding hydrogens is 398 g/mol. The van der Waals surface area contributed by atoms with Crippen LogP contribution in [0.2, 0.25) is 0 Å². The van der Waals surface area contributed by atoms with Gasteiger partial charge in [-0.05, 0) is 42.3 Å². The Labute approximate surface area is 186 Å². The molecule has 0 saturated carbocycles. The summed E-state index contributed by atoms with van der Waals surface area (Å²) in [5.74, 6) is 0.731. The highest BCUT2D eigenvalue weighted by Gasteiger charge is 2.21. The zero-order valence-electron chi connectivity index (χ0n) is 18.1. The average molecular weight is 424 g/mol. The Bertz CT molecular complexity index is 1400. The van der Waals surface area contributed by atoms with Crippen LogP contribution in [-0.4, -0.2) is 29.5 Å². The second-order valence-electron chi connectivity index (χ2n) is 8.00. The van der Waals surface area contributed by atoms with Gasteiger partial charge in [-0.1, -0.05) is 48.5 Å². The molecule has 0 saturated heterocycles. The Morgan fingerprint density at radius 3 is 2.38 bits per heavy atom. The number of methoxy groups -OCH3 is 1. The number of aromatic nitrogens is 2. The van der Waals surface area contributed by atoms with Gasteiger partial charge in [0.2, 0.25) is 0 Å². The lowest BCUT2D eigenvalue weighted by Gasteiger charge is -2.19. The summed E-state index contributed by atoms with van der Waals surface area (Å²) in [6, 6.07) is 24.2. The number of carbonyl (C=O) groups is 1. The number of hydrogen-bond donors (Lipinski definition) is 3. The molecule has 2 aromatic heterocycles. The number of H-pyrrole nitrogens is 2. The van der Waals surface area contributed by atoms with E-state index in [1.165, 1.54) is 0 Å². The topological polar surface area (TPSA) is 69.9 Å². The Balaban J connectivity index is 1.49. The standard InChI is InChI=1S/C27H25N3O2/c1-17-26(21-8-4-6-10-25(21)30-17)27(31)29-15-22(18-11-13-19(32-2)14-12-18)23-16-28-24-9-5-3-7-20(23)24/h3-14,16,22,28,30H,15H2,1-2H3,(H,29,31). The molecule has 0 aliphatic heterocycles. The Morgan fingerprint density at radius 1 is 0.938 bits per heavy atom. The molecule has 0 radical (unpaired) electrons. The molecule has 2 heterocycles. The summed E-state index contributed by atoms with van der Waals surface area (Å²) in [6.45, 7) is 2.42. The Hall–Kier alpha value is -3.99. The number of para-hydroxylation sites is 2. The molecule has 5 rings (SSSR count). The van der Waals surface area contributed by atoms with Crippen molar-refractivity contribution in [3.63, 3.8) is 0 Å². The number of fused-ring (bicyclic) bond motifs is 2. The van der Waals surface area contributed by atoms with Crippen molar-refractivity contribution in [2.24, 2.45) is 0 Å². The van der Waals surface area contributed by atoms with Crippen molar-refractivity contribution < 1.29 is 9.53 Å². The summed E-state index contributed by atoms with van der Waals surface area (Å²) < 4.78 is 5.33. The van der Waals surface area contributed by atoms with Crippen LogP contribution in [0.4, 0.5) is 0 Å². The smallest absolute Gasteiger partial charge is 0.253 e. The van der Waals surface area contributed by atoms with Crippen LogP contribution >= 0.6 is 0 Å². The van der Waals surface area contributed by atoms with Crippen molar-refractivity contribution in [2.45, 2.75) is 12.8 Å². The first-order valence-corrected chi connectivity index (χ1v) is 10.7. The van der Waals surface area contributed by atoms with E-state index in [0.717, 1.165) is 44.4 Å². The van der Waals surface area contributed by atoms with E-state index >= 15 is 0 Å². The lowest BCUT2D eigenvalue weighted by atomic mass is 9.90. The molecule has 1 atom stereocenters. The first kappa shape index (κ1) is 19.9. The maximum atomic E-state index is 13.3. The molecule has 0 aliphatic carbocycles. The number of benzene rings is 3. The summed E-state index contributed by atoms with van der Waals surface area (Å²) in [5.41, 5.74) is 5.90. The molecule has 1 unspecified atom stereocenters. The van der Waals surface area contributed by atoms with Gasteiger partial charge in [0, 0.05) is 46.2 Å². The number of aromatic amines is 2. The average Bonchev–Trinajstić information content (AvgIpc) is 3.40. The van der Waals surface area contributed by atoms with Gasteiger partial charge in [-0.2, -0.15) is 0 Å². The first-order chi connectivity index (χ1) is 15.7. The van der Waals surface area contributed by atoms with E-state index in [2.05, 4.69) is 39.6 Å². The van der Waals surface area contributed by atoms with E-state index in [-0.39, 0.29) is 11.8 Å². The number of carbonyl (C=O) groups excluding carboxylic acids is 1. The van der Waals surface area contributed by atoms with Crippen molar-refractivity contribution in [3.05, 3.63) is 101 Å². The Morgan fingerprint density at radius 2 is 1.62 bits per heavy atom. The molecular formula is C27H25N3O2. The van der Waals surface area contributed by atoms with E-state index in [1.54, 1.807) is 7.11 Å². The predicted molar refractivity (Wildman–Crippen MR) is 129 cm³/mol. The highest BCUT2D eigenvalue weighted by atomic mass is 16.5. The number of nitrogens with one attached hydrogen (secondary N) is 3. The summed E-state index contributed by atoms with van der Waals surface area (Å²) >= 11 is 0. The Kier molecular flexibility index (Phi) is 5.15. The summed E-state index contributed by atoms with van der Waals surface area (Å²) in [4.78, 5) is 19.9. The van der Waals surface area contributed by atoms with Gasteiger partial charge in [-0.25, -0.2) is 0 Å². The van der Waals surface area contributed by atoms with Gasteiger partial charge >= 0.3 is 0 Å². The van der Waals surface area contributed by atoms with E-state index in [4.69, 9.17) is 4.74 Å². The number of hydrogen-bond acceptors (Lipinski definition) is 2. The first-order valence-electron chi connectivity index (χ1n) is 10.7. The fourth-order valence-corrected chi connectivity index (χ4v) is 4.48. The second-order valence-corrected chi connectivity index (χ2v) is 8.00. The molecule has 0 bridgehead atoms. The van der Waals surface area contributed by atoms with Gasteiger partial charge in [0.25, 0.3) is 5.91 Å². The lowest BCUT2D eigenvalue weighted by molar-refractivity contribution is 0.0953. The van der Waals surface area contributed by atoms with Gasteiger partial charge in [-0.15, -0.1) is 0 Å². The third kappa shape index (κ3) is 3.52. The third-order valence-electron chi connectivity index (χ3n) is 6.10. The molecule has 5 heteroatoms. The van der Waals surface area contributed by atoms with Gasteiger partial charge in [0.05, 0.1) is 12.7 Å². The minimum absolute atomic E-state index is 0.00785. The minimum atomic E-state index is -0.0710. The maximum absolute atomic E-state index is 13.3.